The third-order valence-electron chi connectivity index (χ3n) is 0.847. The van der Waals surface area contributed by atoms with Gasteiger partial charge in [0.1, 0.15) is 0 Å². The standard InChI is InChI=1S/C3H8NO4P/c1-3(5)4(2)9(6,7)8/h1-2H3,(H2,6,7,8). The van der Waals surface area contributed by atoms with Gasteiger partial charge in [0.25, 0.3) is 0 Å². The summed E-state index contributed by atoms with van der Waals surface area (Å²) in [6.45, 7) is 1.08. The first-order valence-electron chi connectivity index (χ1n) is 2.16. The molecule has 0 rings (SSSR count). The monoisotopic (exact) mass is 153 g/mol. The van der Waals surface area contributed by atoms with Crippen LogP contribution in [0.25, 0.3) is 0 Å². The van der Waals surface area contributed by atoms with Crippen LogP contribution in [-0.2, 0) is 9.36 Å². The summed E-state index contributed by atoms with van der Waals surface area (Å²) >= 11 is 0. The van der Waals surface area contributed by atoms with E-state index in [1.54, 1.807) is 0 Å². The van der Waals surface area contributed by atoms with Crippen LogP contribution in [-0.4, -0.2) is 27.4 Å². The molecular formula is C3H8NO4P. The van der Waals surface area contributed by atoms with Crippen molar-refractivity contribution in [3.63, 3.8) is 0 Å². The highest BCUT2D eigenvalue weighted by Crippen LogP contribution is 2.37. The van der Waals surface area contributed by atoms with Crippen molar-refractivity contribution in [1.82, 2.24) is 4.67 Å². The lowest BCUT2D eigenvalue weighted by molar-refractivity contribution is -0.124. The fourth-order valence-corrected chi connectivity index (χ4v) is 0.550. The van der Waals surface area contributed by atoms with E-state index in [0.717, 1.165) is 14.0 Å². The van der Waals surface area contributed by atoms with Crippen LogP contribution in [0.1, 0.15) is 6.92 Å². The van der Waals surface area contributed by atoms with Crippen molar-refractivity contribution in [2.45, 2.75) is 6.92 Å². The van der Waals surface area contributed by atoms with Gasteiger partial charge in [-0.2, -0.15) is 0 Å². The summed E-state index contributed by atoms with van der Waals surface area (Å²) in [7, 11) is -3.28. The van der Waals surface area contributed by atoms with E-state index in [2.05, 4.69) is 0 Å². The zero-order valence-corrected chi connectivity index (χ0v) is 6.00. The topological polar surface area (TPSA) is 77.8 Å². The molecule has 54 valence electrons. The molecule has 0 fully saturated rings. The van der Waals surface area contributed by atoms with Gasteiger partial charge in [-0.05, 0) is 0 Å². The molecule has 0 atom stereocenters. The molecule has 0 aliphatic heterocycles. The lowest BCUT2D eigenvalue weighted by atomic mass is 10.7. The highest BCUT2D eigenvalue weighted by molar-refractivity contribution is 7.49. The first-order valence-corrected chi connectivity index (χ1v) is 3.72. The Morgan fingerprint density at radius 1 is 1.56 bits per heavy atom. The summed E-state index contributed by atoms with van der Waals surface area (Å²) in [5.74, 6) is -0.650. The zero-order chi connectivity index (χ0) is 7.65. The molecule has 0 aromatic rings. The smallest absolute Gasteiger partial charge is 0.308 e. The first-order chi connectivity index (χ1) is 3.85. The molecule has 0 aliphatic carbocycles. The summed E-state index contributed by atoms with van der Waals surface area (Å²) < 4.78 is 10.6. The quantitative estimate of drug-likeness (QED) is 0.500. The summed E-state index contributed by atoms with van der Waals surface area (Å²) in [6.07, 6.45) is 0. The Morgan fingerprint density at radius 3 is 1.89 bits per heavy atom. The first kappa shape index (κ1) is 8.62. The van der Waals surface area contributed by atoms with Crippen molar-refractivity contribution >= 4 is 13.7 Å². The molecule has 0 heterocycles. The maximum atomic E-state index is 10.2. The van der Waals surface area contributed by atoms with Crippen LogP contribution in [0.3, 0.4) is 0 Å². The Hall–Kier alpha value is -0.380. The summed E-state index contributed by atoms with van der Waals surface area (Å²) in [4.78, 5) is 26.8. The maximum absolute atomic E-state index is 10.2. The van der Waals surface area contributed by atoms with Gasteiger partial charge in [-0.3, -0.25) is 9.46 Å². The molecule has 2 N–H and O–H groups in total. The second-order valence-electron chi connectivity index (χ2n) is 1.56. The third-order valence-corrected chi connectivity index (χ3v) is 1.91. The number of rotatable bonds is 1. The van der Waals surface area contributed by atoms with Crippen LogP contribution in [0.2, 0.25) is 0 Å². The summed E-state index contributed by atoms with van der Waals surface area (Å²) in [5.41, 5.74) is 0. The molecular weight excluding hydrogens is 145 g/mol. The molecule has 0 spiro atoms. The molecule has 0 aliphatic rings. The number of carbonyl (C=O) groups excluding carboxylic acids is 1. The van der Waals surface area contributed by atoms with Crippen molar-refractivity contribution in [1.29, 1.82) is 0 Å². The fourth-order valence-electron chi connectivity index (χ4n) is 0.183. The number of nitrogens with zero attached hydrogens (tertiary/aromatic N) is 1. The van der Waals surface area contributed by atoms with Crippen LogP contribution in [0.5, 0.6) is 0 Å². The van der Waals surface area contributed by atoms with Crippen molar-refractivity contribution < 1.29 is 19.1 Å². The molecule has 9 heavy (non-hydrogen) atoms. The van der Waals surface area contributed by atoms with Crippen LogP contribution >= 0.6 is 7.75 Å². The Bertz CT molecular complexity index is 161. The highest BCUT2D eigenvalue weighted by atomic mass is 31.2. The van der Waals surface area contributed by atoms with E-state index >= 15 is 0 Å². The predicted molar refractivity (Wildman–Crippen MR) is 30.5 cm³/mol. The molecule has 0 saturated carbocycles. The van der Waals surface area contributed by atoms with Crippen LogP contribution < -0.4 is 0 Å². The molecule has 5 nitrogen and oxygen atoms in total. The molecule has 0 saturated heterocycles. The second kappa shape index (κ2) is 2.47. The average molecular weight is 153 g/mol. The Kier molecular flexibility index (Phi) is 2.37. The maximum Gasteiger partial charge on any atom is 0.432 e. The lowest BCUT2D eigenvalue weighted by Crippen LogP contribution is -2.19. The van der Waals surface area contributed by atoms with Crippen molar-refractivity contribution in [3.8, 4) is 0 Å². The SMILES string of the molecule is CC(=O)N(C)P(=O)(O)O. The highest BCUT2D eigenvalue weighted by Gasteiger charge is 2.22. The van der Waals surface area contributed by atoms with E-state index in [-0.39, 0.29) is 0 Å². The predicted octanol–water partition coefficient (Wildman–Crippen LogP) is -0.443. The molecule has 0 aromatic carbocycles. The minimum atomic E-state index is -4.33. The Balaban J connectivity index is 4.23. The second-order valence-corrected chi connectivity index (χ2v) is 3.18. The van der Waals surface area contributed by atoms with Gasteiger partial charge in [0.2, 0.25) is 5.91 Å². The van der Waals surface area contributed by atoms with Gasteiger partial charge >= 0.3 is 7.75 Å². The largest absolute Gasteiger partial charge is 0.432 e. The van der Waals surface area contributed by atoms with Crippen LogP contribution in [0.15, 0.2) is 0 Å². The molecule has 6 heteroatoms. The molecule has 0 radical (unpaired) electrons. The Morgan fingerprint density at radius 2 is 1.89 bits per heavy atom. The van der Waals surface area contributed by atoms with Crippen LogP contribution in [0.4, 0.5) is 0 Å². The van der Waals surface area contributed by atoms with Gasteiger partial charge in [-0.1, -0.05) is 0 Å². The number of carbonyl (C=O) groups is 1. The normalized spacial score (nSPS) is 11.1. The van der Waals surface area contributed by atoms with Crippen molar-refractivity contribution in [3.05, 3.63) is 0 Å². The number of hydrogen-bond acceptors (Lipinski definition) is 2. The number of hydrogen-bond donors (Lipinski definition) is 2. The Labute approximate surface area is 52.5 Å². The van der Waals surface area contributed by atoms with E-state index < -0.39 is 13.7 Å². The fraction of sp³-hybridized carbons (Fsp3) is 0.667. The average Bonchev–Trinajstić information content (AvgIpc) is 1.62. The van der Waals surface area contributed by atoms with Crippen molar-refractivity contribution in [2.24, 2.45) is 0 Å². The third kappa shape index (κ3) is 2.60. The van der Waals surface area contributed by atoms with Gasteiger partial charge in [-0.25, -0.2) is 4.57 Å². The summed E-state index contributed by atoms with van der Waals surface area (Å²) in [6, 6.07) is 0. The van der Waals surface area contributed by atoms with E-state index in [9.17, 15) is 9.36 Å². The van der Waals surface area contributed by atoms with Gasteiger partial charge < -0.3 is 9.79 Å². The zero-order valence-electron chi connectivity index (χ0n) is 5.11. The van der Waals surface area contributed by atoms with Gasteiger partial charge in [-0.15, -0.1) is 0 Å². The molecule has 1 amide bonds. The number of amides is 1. The van der Waals surface area contributed by atoms with E-state index in [1.165, 1.54) is 0 Å². The van der Waals surface area contributed by atoms with Gasteiger partial charge in [0, 0.05) is 14.0 Å². The van der Waals surface area contributed by atoms with Crippen molar-refractivity contribution in [2.75, 3.05) is 7.05 Å². The van der Waals surface area contributed by atoms with E-state index in [4.69, 9.17) is 9.79 Å². The molecule has 0 bridgehead atoms. The molecule has 0 unspecified atom stereocenters. The van der Waals surface area contributed by atoms with Gasteiger partial charge in [0.15, 0.2) is 0 Å². The molecule has 0 aromatic heterocycles. The van der Waals surface area contributed by atoms with E-state index in [1.807, 2.05) is 0 Å². The van der Waals surface area contributed by atoms with E-state index in [0.29, 0.717) is 4.67 Å². The lowest BCUT2D eigenvalue weighted by Gasteiger charge is -2.14. The van der Waals surface area contributed by atoms with Crippen LogP contribution in [0, 0.1) is 0 Å². The minimum Gasteiger partial charge on any atom is -0.308 e. The van der Waals surface area contributed by atoms with Gasteiger partial charge in [0.05, 0.1) is 0 Å². The summed E-state index contributed by atoms with van der Waals surface area (Å²) in [5, 5.41) is 0. The minimum absolute atomic E-state index is 0.382.